The van der Waals surface area contributed by atoms with Gasteiger partial charge in [-0.2, -0.15) is 0 Å². The van der Waals surface area contributed by atoms with Gasteiger partial charge in [-0.05, 0) is 66.7 Å². The lowest BCUT2D eigenvalue weighted by molar-refractivity contribution is 0.0982. The Morgan fingerprint density at radius 3 is 2.35 bits per heavy atom. The van der Waals surface area contributed by atoms with Gasteiger partial charge in [0.25, 0.3) is 5.91 Å². The Morgan fingerprint density at radius 2 is 1.74 bits per heavy atom. The van der Waals surface area contributed by atoms with Crippen molar-refractivity contribution in [1.82, 2.24) is 19.8 Å². The summed E-state index contributed by atoms with van der Waals surface area (Å²) in [6.07, 6.45) is 2.39. The molecule has 31 heavy (non-hydrogen) atoms. The highest BCUT2D eigenvalue weighted by Gasteiger charge is 2.26. The minimum atomic E-state index is -0.649. The summed E-state index contributed by atoms with van der Waals surface area (Å²) in [5.74, 6) is -0.386. The maximum Gasteiger partial charge on any atom is 0.271 e. The number of hydrogen-bond acceptors (Lipinski definition) is 7. The van der Waals surface area contributed by atoms with Crippen molar-refractivity contribution >= 4 is 57.3 Å². The van der Waals surface area contributed by atoms with Crippen LogP contribution >= 0.6 is 34.2 Å². The van der Waals surface area contributed by atoms with Gasteiger partial charge in [0.2, 0.25) is 0 Å². The zero-order valence-corrected chi connectivity index (χ0v) is 20.4. The molecule has 0 spiro atoms. The summed E-state index contributed by atoms with van der Waals surface area (Å²) in [6, 6.07) is 8.82. The van der Waals surface area contributed by atoms with Crippen LogP contribution in [0.3, 0.4) is 0 Å². The van der Waals surface area contributed by atoms with E-state index in [0.29, 0.717) is 9.74 Å². The van der Waals surface area contributed by atoms with E-state index in [9.17, 15) is 4.79 Å². The van der Waals surface area contributed by atoms with Gasteiger partial charge in [0.1, 0.15) is 3.70 Å². The van der Waals surface area contributed by atoms with Gasteiger partial charge in [0.05, 0.1) is 0 Å². The van der Waals surface area contributed by atoms with E-state index in [2.05, 4.69) is 49.2 Å². The first-order valence-corrected chi connectivity index (χ1v) is 11.9. The first-order chi connectivity index (χ1) is 14.9. The highest BCUT2D eigenvalue weighted by Crippen LogP contribution is 2.27. The Morgan fingerprint density at radius 1 is 1.10 bits per heavy atom. The highest BCUT2D eigenvalue weighted by molar-refractivity contribution is 14.1. The van der Waals surface area contributed by atoms with Crippen molar-refractivity contribution in [2.75, 3.05) is 56.5 Å². The van der Waals surface area contributed by atoms with Gasteiger partial charge < -0.3 is 20.9 Å². The van der Waals surface area contributed by atoms with Crippen LogP contribution in [-0.4, -0.2) is 78.0 Å². The predicted octanol–water partition coefficient (Wildman–Crippen LogP) is 2.79. The molecule has 8 nitrogen and oxygen atoms in total. The van der Waals surface area contributed by atoms with E-state index in [1.807, 2.05) is 34.7 Å². The van der Waals surface area contributed by atoms with Crippen molar-refractivity contribution in [3.8, 4) is 0 Å². The second-order valence-electron chi connectivity index (χ2n) is 8.10. The molecule has 1 amide bonds. The summed E-state index contributed by atoms with van der Waals surface area (Å²) in [5, 5.41) is 3.34. The van der Waals surface area contributed by atoms with E-state index < -0.39 is 5.91 Å². The summed E-state index contributed by atoms with van der Waals surface area (Å²) >= 11 is 8.00. The number of rotatable bonds is 5. The second kappa shape index (κ2) is 9.85. The minimum absolute atomic E-state index is 0.0730. The van der Waals surface area contributed by atoms with Crippen LogP contribution in [0.5, 0.6) is 0 Å². The van der Waals surface area contributed by atoms with Gasteiger partial charge in [0, 0.05) is 56.7 Å². The number of carbonyl (C=O) groups is 1. The van der Waals surface area contributed by atoms with Crippen LogP contribution in [0.4, 0.5) is 17.2 Å². The van der Waals surface area contributed by atoms with Crippen LogP contribution in [0.25, 0.3) is 0 Å². The highest BCUT2D eigenvalue weighted by atomic mass is 127. The molecule has 2 saturated heterocycles. The number of hydrogen-bond donors (Lipinski definition) is 2. The lowest BCUT2D eigenvalue weighted by atomic mass is 10.0. The number of benzene rings is 1. The lowest BCUT2D eigenvalue weighted by Crippen LogP contribution is -2.52. The van der Waals surface area contributed by atoms with E-state index in [4.69, 9.17) is 17.3 Å². The fourth-order valence-corrected chi connectivity index (χ4v) is 4.71. The van der Waals surface area contributed by atoms with Crippen LogP contribution in [-0.2, 0) is 0 Å². The zero-order chi connectivity index (χ0) is 22.0. The van der Waals surface area contributed by atoms with E-state index in [1.54, 1.807) is 0 Å². The number of halogens is 2. The Hall–Kier alpha value is -1.69. The topological polar surface area (TPSA) is 90.6 Å². The summed E-state index contributed by atoms with van der Waals surface area (Å²) in [6.45, 7) is 6.83. The standard InChI is InChI=1S/C21H27ClIN7O/c1-28-10-12-30(13-11-28)16-6-8-29(9-7-16)15-4-2-14(3-5-15)25-21-17(20(24)31)26-19(23)18(22)27-21/h2-5,16H,6-13H2,1H3,(H2,24,31)(H,25,27). The number of primary amides is 1. The van der Waals surface area contributed by atoms with E-state index in [-0.39, 0.29) is 16.7 Å². The molecule has 1 aromatic heterocycles. The van der Waals surface area contributed by atoms with Crippen LogP contribution in [0, 0.1) is 3.70 Å². The smallest absolute Gasteiger partial charge is 0.271 e. The number of carbonyl (C=O) groups excluding carboxylic acids is 1. The minimum Gasteiger partial charge on any atom is -0.371 e. The van der Waals surface area contributed by atoms with Gasteiger partial charge in [-0.3, -0.25) is 9.69 Å². The quantitative estimate of drug-likeness (QED) is 0.549. The third-order valence-electron chi connectivity index (χ3n) is 6.06. The molecule has 0 aliphatic carbocycles. The molecule has 3 N–H and O–H groups in total. The Kier molecular flexibility index (Phi) is 7.15. The molecule has 2 aromatic rings. The number of nitrogens with two attached hydrogens (primary N) is 1. The van der Waals surface area contributed by atoms with Crippen molar-refractivity contribution in [3.05, 3.63) is 38.8 Å². The molecule has 2 aliphatic rings. The number of piperidine rings is 1. The molecule has 3 heterocycles. The Labute approximate surface area is 201 Å². The van der Waals surface area contributed by atoms with Gasteiger partial charge in [-0.1, -0.05) is 11.6 Å². The summed E-state index contributed by atoms with van der Waals surface area (Å²) in [4.78, 5) is 27.6. The molecule has 2 fully saturated rings. The molecule has 0 saturated carbocycles. The van der Waals surface area contributed by atoms with E-state index >= 15 is 0 Å². The van der Waals surface area contributed by atoms with Crippen molar-refractivity contribution in [1.29, 1.82) is 0 Å². The molecular weight excluding hydrogens is 529 g/mol. The monoisotopic (exact) mass is 555 g/mol. The van der Waals surface area contributed by atoms with Crippen LogP contribution in [0.15, 0.2) is 24.3 Å². The molecule has 0 unspecified atom stereocenters. The number of nitrogens with one attached hydrogen (secondary N) is 1. The maximum atomic E-state index is 11.7. The molecule has 4 rings (SSSR count). The fraction of sp³-hybridized carbons (Fsp3) is 0.476. The Bertz CT molecular complexity index is 926. The fourth-order valence-electron chi connectivity index (χ4n) is 4.22. The van der Waals surface area contributed by atoms with Crippen molar-refractivity contribution in [2.24, 2.45) is 5.73 Å². The zero-order valence-electron chi connectivity index (χ0n) is 17.5. The molecule has 2 aliphatic heterocycles. The van der Waals surface area contributed by atoms with E-state index in [1.165, 1.54) is 44.7 Å². The first kappa shape index (κ1) is 22.5. The number of aromatic nitrogens is 2. The normalized spacial score (nSPS) is 18.9. The van der Waals surface area contributed by atoms with Crippen LogP contribution in [0.1, 0.15) is 23.3 Å². The average molecular weight is 556 g/mol. The van der Waals surface area contributed by atoms with E-state index in [0.717, 1.165) is 18.8 Å². The molecule has 1 aromatic carbocycles. The predicted molar refractivity (Wildman–Crippen MR) is 132 cm³/mol. The molecule has 0 atom stereocenters. The van der Waals surface area contributed by atoms with Gasteiger partial charge in [-0.25, -0.2) is 9.97 Å². The molecular formula is C21H27ClIN7O. The number of nitrogens with zero attached hydrogens (tertiary/aromatic N) is 5. The third-order valence-corrected chi connectivity index (χ3v) is 7.40. The number of anilines is 3. The average Bonchev–Trinajstić information content (AvgIpc) is 2.77. The van der Waals surface area contributed by atoms with Gasteiger partial charge >= 0.3 is 0 Å². The van der Waals surface area contributed by atoms with Crippen molar-refractivity contribution in [2.45, 2.75) is 18.9 Å². The van der Waals surface area contributed by atoms with Gasteiger partial charge in [-0.15, -0.1) is 0 Å². The number of amides is 1. The lowest BCUT2D eigenvalue weighted by Gasteiger charge is -2.42. The summed E-state index contributed by atoms with van der Waals surface area (Å²) in [5.41, 5.74) is 7.51. The second-order valence-corrected chi connectivity index (χ2v) is 9.48. The van der Waals surface area contributed by atoms with Gasteiger partial charge in [0.15, 0.2) is 16.7 Å². The molecule has 10 heteroatoms. The summed E-state index contributed by atoms with van der Waals surface area (Å²) in [7, 11) is 2.20. The third kappa shape index (κ3) is 5.39. The van der Waals surface area contributed by atoms with Crippen molar-refractivity contribution < 1.29 is 4.79 Å². The number of likely N-dealkylation sites (N-methyl/N-ethyl adjacent to an activating group) is 1. The molecule has 166 valence electrons. The number of piperazine rings is 1. The van der Waals surface area contributed by atoms with Crippen molar-refractivity contribution in [3.63, 3.8) is 0 Å². The SMILES string of the molecule is CN1CCN(C2CCN(c3ccc(Nc4nc(Cl)c(I)nc4C(N)=O)cc3)CC2)CC1. The molecule has 0 radical (unpaired) electrons. The maximum absolute atomic E-state index is 11.7. The largest absolute Gasteiger partial charge is 0.371 e. The van der Waals surface area contributed by atoms with Crippen LogP contribution < -0.4 is 16.0 Å². The first-order valence-electron chi connectivity index (χ1n) is 10.5. The summed E-state index contributed by atoms with van der Waals surface area (Å²) < 4.78 is 0.439. The Balaban J connectivity index is 1.37. The van der Waals surface area contributed by atoms with Crippen LogP contribution in [0.2, 0.25) is 5.15 Å². The molecule has 0 bridgehead atoms.